The fraction of sp³-hybridized carbons (Fsp3) is 0.222. The molecule has 1 unspecified atom stereocenters. The molecule has 74 valence electrons. The van der Waals surface area contributed by atoms with Crippen molar-refractivity contribution in [3.63, 3.8) is 0 Å². The van der Waals surface area contributed by atoms with Crippen molar-refractivity contribution >= 4 is 17.3 Å². The van der Waals surface area contributed by atoms with Crippen molar-refractivity contribution < 1.29 is 9.90 Å². The fourth-order valence-corrected chi connectivity index (χ4v) is 0.944. The van der Waals surface area contributed by atoms with Crippen LogP contribution < -0.4 is 5.32 Å². The van der Waals surface area contributed by atoms with E-state index in [1.807, 2.05) is 0 Å². The summed E-state index contributed by atoms with van der Waals surface area (Å²) in [6, 6.07) is 6.03. The summed E-state index contributed by atoms with van der Waals surface area (Å²) in [6.45, 7) is 1.56. The molecule has 1 rings (SSSR count). The lowest BCUT2D eigenvalue weighted by atomic mass is 10.2. The lowest BCUT2D eigenvalue weighted by Crippen LogP contribution is -2.25. The molecule has 1 aromatic carbocycles. The van der Waals surface area contributed by atoms with Gasteiger partial charge >= 0.3 is 5.97 Å². The first-order valence-electron chi connectivity index (χ1n) is 4.10. The highest BCUT2D eigenvalue weighted by molar-refractivity contribution is 5.76. The van der Waals surface area contributed by atoms with E-state index in [0.29, 0.717) is 11.4 Å². The molecule has 0 radical (unpaired) electrons. The van der Waals surface area contributed by atoms with E-state index in [1.54, 1.807) is 31.2 Å². The molecule has 0 aromatic heterocycles. The lowest BCUT2D eigenvalue weighted by molar-refractivity contribution is -0.137. The van der Waals surface area contributed by atoms with Crippen LogP contribution in [0, 0.1) is 5.53 Å². The van der Waals surface area contributed by atoms with Gasteiger partial charge in [0.05, 0.1) is 5.69 Å². The van der Waals surface area contributed by atoms with Crippen LogP contribution in [0.3, 0.4) is 0 Å². The standard InChI is InChI=1S/C9H11N3O2/c1-6(9(13)14)11-7-2-4-8(12-10)5-3-7/h2-6,10-11H,1H3,(H,13,14). The SMILES string of the molecule is CC(Nc1ccc(N=N)cc1)C(=O)O. The van der Waals surface area contributed by atoms with Crippen molar-refractivity contribution in [2.45, 2.75) is 13.0 Å². The van der Waals surface area contributed by atoms with Gasteiger partial charge in [-0.3, -0.25) is 4.79 Å². The van der Waals surface area contributed by atoms with Gasteiger partial charge in [-0.05, 0) is 31.2 Å². The maximum Gasteiger partial charge on any atom is 0.325 e. The van der Waals surface area contributed by atoms with Gasteiger partial charge in [0.15, 0.2) is 0 Å². The summed E-state index contributed by atoms with van der Waals surface area (Å²) in [4.78, 5) is 10.5. The number of nitrogens with one attached hydrogen (secondary N) is 2. The molecule has 0 aliphatic carbocycles. The fourth-order valence-electron chi connectivity index (χ4n) is 0.944. The van der Waals surface area contributed by atoms with Gasteiger partial charge in [0, 0.05) is 5.69 Å². The second kappa shape index (κ2) is 4.36. The normalized spacial score (nSPS) is 11.8. The Morgan fingerprint density at radius 3 is 2.50 bits per heavy atom. The Hall–Kier alpha value is -1.91. The third kappa shape index (κ3) is 2.55. The molecule has 0 saturated carbocycles. The first-order chi connectivity index (χ1) is 6.63. The molecule has 0 amide bonds. The highest BCUT2D eigenvalue weighted by Crippen LogP contribution is 2.16. The number of carboxylic acid groups (broad SMARTS) is 1. The smallest absolute Gasteiger partial charge is 0.325 e. The van der Waals surface area contributed by atoms with E-state index < -0.39 is 12.0 Å². The van der Waals surface area contributed by atoms with Crippen molar-refractivity contribution in [2.24, 2.45) is 5.11 Å². The van der Waals surface area contributed by atoms with Crippen molar-refractivity contribution in [1.29, 1.82) is 5.53 Å². The molecule has 0 aliphatic heterocycles. The predicted molar refractivity (Wildman–Crippen MR) is 52.0 cm³/mol. The monoisotopic (exact) mass is 193 g/mol. The van der Waals surface area contributed by atoms with Gasteiger partial charge in [-0.25, -0.2) is 5.53 Å². The highest BCUT2D eigenvalue weighted by Gasteiger charge is 2.09. The molecule has 14 heavy (non-hydrogen) atoms. The number of hydrogen-bond donors (Lipinski definition) is 3. The summed E-state index contributed by atoms with van der Waals surface area (Å²) in [7, 11) is 0. The van der Waals surface area contributed by atoms with E-state index in [2.05, 4.69) is 10.4 Å². The largest absolute Gasteiger partial charge is 0.480 e. The molecule has 0 fully saturated rings. The number of nitrogens with zero attached hydrogens (tertiary/aromatic N) is 1. The van der Waals surface area contributed by atoms with Crippen molar-refractivity contribution in [3.8, 4) is 0 Å². The van der Waals surface area contributed by atoms with Crippen molar-refractivity contribution in [2.75, 3.05) is 5.32 Å². The minimum absolute atomic E-state index is 0.540. The Bertz CT molecular complexity index is 334. The number of hydrogen-bond acceptors (Lipinski definition) is 4. The van der Waals surface area contributed by atoms with Gasteiger partial charge in [0.25, 0.3) is 0 Å². The summed E-state index contributed by atoms with van der Waals surface area (Å²) in [5.74, 6) is -0.903. The van der Waals surface area contributed by atoms with Gasteiger partial charge in [0.1, 0.15) is 6.04 Å². The highest BCUT2D eigenvalue weighted by atomic mass is 16.4. The molecule has 0 spiro atoms. The van der Waals surface area contributed by atoms with Gasteiger partial charge in [-0.1, -0.05) is 0 Å². The van der Waals surface area contributed by atoms with Crippen molar-refractivity contribution in [1.82, 2.24) is 0 Å². The molecule has 0 bridgehead atoms. The van der Waals surface area contributed by atoms with Crippen LogP contribution in [-0.2, 0) is 4.79 Å². The molecule has 5 heteroatoms. The third-order valence-corrected chi connectivity index (χ3v) is 1.75. The van der Waals surface area contributed by atoms with Crippen LogP contribution in [0.5, 0.6) is 0 Å². The van der Waals surface area contributed by atoms with Gasteiger partial charge in [-0.2, -0.15) is 5.11 Å². The molecule has 1 aromatic rings. The van der Waals surface area contributed by atoms with E-state index in [0.717, 1.165) is 0 Å². The number of carboxylic acids is 1. The number of benzene rings is 1. The molecular formula is C9H11N3O2. The molecule has 0 aliphatic rings. The Morgan fingerprint density at radius 1 is 1.50 bits per heavy atom. The molecule has 0 heterocycles. The average Bonchev–Trinajstić information content (AvgIpc) is 2.19. The van der Waals surface area contributed by atoms with Gasteiger partial charge < -0.3 is 10.4 Å². The maximum absolute atomic E-state index is 10.5. The Labute approximate surface area is 81.3 Å². The van der Waals surface area contributed by atoms with Crippen LogP contribution >= 0.6 is 0 Å². The zero-order chi connectivity index (χ0) is 10.6. The second-order valence-electron chi connectivity index (χ2n) is 2.86. The van der Waals surface area contributed by atoms with Gasteiger partial charge in [-0.15, -0.1) is 0 Å². The zero-order valence-electron chi connectivity index (χ0n) is 7.69. The Morgan fingerprint density at radius 2 is 2.07 bits per heavy atom. The number of carbonyl (C=O) groups is 1. The zero-order valence-corrected chi connectivity index (χ0v) is 7.69. The number of anilines is 1. The summed E-state index contributed by atoms with van der Waals surface area (Å²) >= 11 is 0. The van der Waals surface area contributed by atoms with Crippen LogP contribution in [-0.4, -0.2) is 17.1 Å². The molecule has 3 N–H and O–H groups in total. The van der Waals surface area contributed by atoms with Gasteiger partial charge in [0.2, 0.25) is 0 Å². The Balaban J connectivity index is 2.68. The first kappa shape index (κ1) is 10.2. The van der Waals surface area contributed by atoms with E-state index in [1.165, 1.54) is 0 Å². The van der Waals surface area contributed by atoms with Crippen LogP contribution in [0.25, 0.3) is 0 Å². The second-order valence-corrected chi connectivity index (χ2v) is 2.86. The molecule has 5 nitrogen and oxygen atoms in total. The Kier molecular flexibility index (Phi) is 3.17. The van der Waals surface area contributed by atoms with Crippen LogP contribution in [0.4, 0.5) is 11.4 Å². The van der Waals surface area contributed by atoms with Crippen LogP contribution in [0.15, 0.2) is 29.4 Å². The average molecular weight is 193 g/mol. The molecule has 1 atom stereocenters. The predicted octanol–water partition coefficient (Wildman–Crippen LogP) is 2.23. The quantitative estimate of drug-likeness (QED) is 0.641. The topological polar surface area (TPSA) is 85.5 Å². The van der Waals surface area contributed by atoms with Crippen LogP contribution in [0.1, 0.15) is 6.92 Å². The molecule has 0 saturated heterocycles. The minimum atomic E-state index is -0.903. The molecular weight excluding hydrogens is 182 g/mol. The summed E-state index contributed by atoms with van der Waals surface area (Å²) in [5.41, 5.74) is 7.98. The van der Waals surface area contributed by atoms with E-state index in [9.17, 15) is 4.79 Å². The number of rotatable bonds is 4. The maximum atomic E-state index is 10.5. The summed E-state index contributed by atoms with van der Waals surface area (Å²) in [5, 5.41) is 14.7. The number of aliphatic carboxylic acids is 1. The van der Waals surface area contributed by atoms with Crippen LogP contribution in [0.2, 0.25) is 0 Å². The summed E-state index contributed by atoms with van der Waals surface area (Å²) < 4.78 is 0. The van der Waals surface area contributed by atoms with E-state index in [4.69, 9.17) is 10.6 Å². The van der Waals surface area contributed by atoms with E-state index >= 15 is 0 Å². The van der Waals surface area contributed by atoms with Crippen molar-refractivity contribution in [3.05, 3.63) is 24.3 Å². The minimum Gasteiger partial charge on any atom is -0.480 e. The lowest BCUT2D eigenvalue weighted by Gasteiger charge is -2.10. The summed E-state index contributed by atoms with van der Waals surface area (Å²) in [6.07, 6.45) is 0. The third-order valence-electron chi connectivity index (χ3n) is 1.75. The first-order valence-corrected chi connectivity index (χ1v) is 4.10. The van der Waals surface area contributed by atoms with E-state index in [-0.39, 0.29) is 0 Å².